The van der Waals surface area contributed by atoms with Crippen LogP contribution in [0.3, 0.4) is 0 Å². The van der Waals surface area contributed by atoms with Gasteiger partial charge in [0.05, 0.1) is 11.4 Å². The lowest BCUT2D eigenvalue weighted by atomic mass is 10.0. The highest BCUT2D eigenvalue weighted by Crippen LogP contribution is 2.21. The van der Waals surface area contributed by atoms with Crippen molar-refractivity contribution < 1.29 is 0 Å². The smallest absolute Gasteiger partial charge is 0.125 e. The van der Waals surface area contributed by atoms with E-state index in [9.17, 15) is 0 Å². The van der Waals surface area contributed by atoms with E-state index in [1.807, 2.05) is 6.92 Å². The molecule has 2 heterocycles. The van der Waals surface area contributed by atoms with Crippen LogP contribution in [0.15, 0.2) is 30.3 Å². The Hall–Kier alpha value is -1.78. The summed E-state index contributed by atoms with van der Waals surface area (Å²) in [6.45, 7) is 5.35. The molecule has 1 aliphatic rings. The average molecular weight is 268 g/mol. The number of hydrogen-bond donors (Lipinski definition) is 1. The van der Waals surface area contributed by atoms with Crippen molar-refractivity contribution in [3.63, 3.8) is 0 Å². The Morgan fingerprint density at radius 1 is 1.20 bits per heavy atom. The van der Waals surface area contributed by atoms with Crippen LogP contribution >= 0.6 is 0 Å². The van der Waals surface area contributed by atoms with Crippen LogP contribution in [0.2, 0.25) is 0 Å². The number of nitrogens with zero attached hydrogens (tertiary/aromatic N) is 3. The van der Waals surface area contributed by atoms with E-state index in [0.29, 0.717) is 6.54 Å². The van der Waals surface area contributed by atoms with E-state index in [1.54, 1.807) is 0 Å². The Morgan fingerprint density at radius 2 is 2.00 bits per heavy atom. The molecule has 0 aliphatic carbocycles. The molecule has 0 unspecified atom stereocenters. The number of hydrogen-bond acceptors (Lipinski definition) is 4. The van der Waals surface area contributed by atoms with E-state index in [4.69, 9.17) is 5.73 Å². The van der Waals surface area contributed by atoms with Crippen molar-refractivity contribution in [2.45, 2.75) is 33.0 Å². The zero-order chi connectivity index (χ0) is 13.9. The van der Waals surface area contributed by atoms with Gasteiger partial charge >= 0.3 is 0 Å². The number of rotatable bonds is 3. The SMILES string of the molecule is Cc1nc(CN)c2c(n1)CN(Cc1ccccc1)CC2. The molecule has 0 saturated carbocycles. The van der Waals surface area contributed by atoms with Crippen molar-refractivity contribution in [2.75, 3.05) is 6.54 Å². The minimum Gasteiger partial charge on any atom is -0.325 e. The van der Waals surface area contributed by atoms with Crippen LogP contribution in [0.4, 0.5) is 0 Å². The van der Waals surface area contributed by atoms with E-state index in [-0.39, 0.29) is 0 Å². The summed E-state index contributed by atoms with van der Waals surface area (Å²) >= 11 is 0. The van der Waals surface area contributed by atoms with Gasteiger partial charge in [-0.2, -0.15) is 0 Å². The standard InChI is InChI=1S/C16H20N4/c1-12-18-15(9-17)14-7-8-20(11-16(14)19-12)10-13-5-3-2-4-6-13/h2-6H,7-11,17H2,1H3. The fourth-order valence-corrected chi connectivity index (χ4v) is 2.84. The van der Waals surface area contributed by atoms with Crippen LogP contribution in [0.1, 0.15) is 28.3 Å². The highest BCUT2D eigenvalue weighted by molar-refractivity contribution is 5.28. The highest BCUT2D eigenvalue weighted by atomic mass is 15.1. The lowest BCUT2D eigenvalue weighted by molar-refractivity contribution is 0.240. The number of benzene rings is 1. The summed E-state index contributed by atoms with van der Waals surface area (Å²) in [6, 6.07) is 10.6. The summed E-state index contributed by atoms with van der Waals surface area (Å²) < 4.78 is 0. The molecule has 0 saturated heterocycles. The van der Waals surface area contributed by atoms with Crippen LogP contribution in [-0.4, -0.2) is 21.4 Å². The van der Waals surface area contributed by atoms with Gasteiger partial charge in [0.15, 0.2) is 0 Å². The zero-order valence-corrected chi connectivity index (χ0v) is 11.8. The van der Waals surface area contributed by atoms with Crippen molar-refractivity contribution in [1.82, 2.24) is 14.9 Å². The predicted molar refractivity (Wildman–Crippen MR) is 78.9 cm³/mol. The maximum Gasteiger partial charge on any atom is 0.125 e. The number of aromatic nitrogens is 2. The summed E-state index contributed by atoms with van der Waals surface area (Å²) in [4.78, 5) is 11.5. The normalized spacial score (nSPS) is 15.1. The van der Waals surface area contributed by atoms with Gasteiger partial charge in [0, 0.05) is 26.2 Å². The van der Waals surface area contributed by atoms with Crippen molar-refractivity contribution in [3.8, 4) is 0 Å². The van der Waals surface area contributed by atoms with Crippen molar-refractivity contribution in [2.24, 2.45) is 5.73 Å². The molecule has 1 aliphatic heterocycles. The van der Waals surface area contributed by atoms with Crippen molar-refractivity contribution in [1.29, 1.82) is 0 Å². The van der Waals surface area contributed by atoms with Gasteiger partial charge in [-0.15, -0.1) is 0 Å². The first-order valence-electron chi connectivity index (χ1n) is 7.08. The quantitative estimate of drug-likeness (QED) is 0.922. The maximum atomic E-state index is 5.80. The third-order valence-corrected chi connectivity index (χ3v) is 3.78. The fraction of sp³-hybridized carbons (Fsp3) is 0.375. The average Bonchev–Trinajstić information content (AvgIpc) is 2.47. The molecular formula is C16H20N4. The summed E-state index contributed by atoms with van der Waals surface area (Å²) in [5.74, 6) is 0.825. The third kappa shape index (κ3) is 2.71. The van der Waals surface area contributed by atoms with Gasteiger partial charge in [-0.25, -0.2) is 9.97 Å². The number of nitrogens with two attached hydrogens (primary N) is 1. The fourth-order valence-electron chi connectivity index (χ4n) is 2.84. The van der Waals surface area contributed by atoms with Crippen molar-refractivity contribution >= 4 is 0 Å². The Kier molecular flexibility index (Phi) is 3.76. The molecule has 1 aromatic carbocycles. The monoisotopic (exact) mass is 268 g/mol. The first kappa shape index (κ1) is 13.2. The van der Waals surface area contributed by atoms with Gasteiger partial charge in [-0.05, 0) is 24.5 Å². The summed E-state index contributed by atoms with van der Waals surface area (Å²) in [6.07, 6.45) is 0.995. The molecule has 3 rings (SSSR count). The Balaban J connectivity index is 1.80. The summed E-state index contributed by atoms with van der Waals surface area (Å²) in [5.41, 5.74) is 10.6. The van der Waals surface area contributed by atoms with Gasteiger partial charge in [0.2, 0.25) is 0 Å². The molecule has 4 nitrogen and oxygen atoms in total. The first-order valence-corrected chi connectivity index (χ1v) is 7.08. The zero-order valence-electron chi connectivity index (χ0n) is 11.8. The van der Waals surface area contributed by atoms with Gasteiger partial charge < -0.3 is 5.73 Å². The van der Waals surface area contributed by atoms with E-state index in [1.165, 1.54) is 11.1 Å². The Labute approximate surface area is 119 Å². The molecule has 0 atom stereocenters. The van der Waals surface area contributed by atoms with Crippen LogP contribution in [0, 0.1) is 6.92 Å². The molecule has 0 amide bonds. The predicted octanol–water partition coefficient (Wildman–Crippen LogP) is 1.80. The third-order valence-electron chi connectivity index (χ3n) is 3.78. The minimum absolute atomic E-state index is 0.504. The molecule has 0 spiro atoms. The second-order valence-electron chi connectivity index (χ2n) is 5.29. The summed E-state index contributed by atoms with van der Waals surface area (Å²) in [7, 11) is 0. The first-order chi connectivity index (χ1) is 9.76. The van der Waals surface area contributed by atoms with E-state index >= 15 is 0 Å². The molecule has 2 aromatic rings. The molecular weight excluding hydrogens is 248 g/mol. The van der Waals surface area contributed by atoms with Crippen LogP contribution in [-0.2, 0) is 26.1 Å². The van der Waals surface area contributed by atoms with Gasteiger partial charge in [0.25, 0.3) is 0 Å². The molecule has 20 heavy (non-hydrogen) atoms. The van der Waals surface area contributed by atoms with E-state index in [0.717, 1.165) is 43.3 Å². The largest absolute Gasteiger partial charge is 0.325 e. The van der Waals surface area contributed by atoms with E-state index in [2.05, 4.69) is 45.2 Å². The Bertz CT molecular complexity index is 595. The number of aryl methyl sites for hydroxylation is 1. The van der Waals surface area contributed by atoms with Crippen LogP contribution in [0.5, 0.6) is 0 Å². The lowest BCUT2D eigenvalue weighted by Gasteiger charge is -2.29. The second kappa shape index (κ2) is 5.69. The molecule has 2 N–H and O–H groups in total. The molecule has 4 heteroatoms. The number of fused-ring (bicyclic) bond motifs is 1. The molecule has 0 bridgehead atoms. The van der Waals surface area contributed by atoms with Crippen LogP contribution < -0.4 is 5.73 Å². The molecule has 0 fully saturated rings. The van der Waals surface area contributed by atoms with Gasteiger partial charge in [-0.1, -0.05) is 30.3 Å². The maximum absolute atomic E-state index is 5.80. The van der Waals surface area contributed by atoms with Gasteiger partial charge in [0.1, 0.15) is 5.82 Å². The minimum atomic E-state index is 0.504. The topological polar surface area (TPSA) is 55.0 Å². The molecule has 0 radical (unpaired) electrons. The van der Waals surface area contributed by atoms with Crippen LogP contribution in [0.25, 0.3) is 0 Å². The second-order valence-corrected chi connectivity index (χ2v) is 5.29. The lowest BCUT2D eigenvalue weighted by Crippen LogP contribution is -2.32. The van der Waals surface area contributed by atoms with Gasteiger partial charge in [-0.3, -0.25) is 4.90 Å². The van der Waals surface area contributed by atoms with E-state index < -0.39 is 0 Å². The van der Waals surface area contributed by atoms with Crippen molar-refractivity contribution in [3.05, 3.63) is 58.7 Å². The Morgan fingerprint density at radius 3 is 2.75 bits per heavy atom. The molecule has 1 aromatic heterocycles. The highest BCUT2D eigenvalue weighted by Gasteiger charge is 2.21. The summed E-state index contributed by atoms with van der Waals surface area (Å²) in [5, 5.41) is 0. The molecule has 104 valence electrons.